The van der Waals surface area contributed by atoms with E-state index in [9.17, 15) is 9.59 Å². The summed E-state index contributed by atoms with van der Waals surface area (Å²) >= 11 is 0. The molecule has 6 aromatic rings. The highest BCUT2D eigenvalue weighted by atomic mass is 16.2. The Balaban J connectivity index is 1.50. The van der Waals surface area contributed by atoms with Crippen LogP contribution >= 0.6 is 0 Å². The predicted molar refractivity (Wildman–Crippen MR) is 162 cm³/mol. The predicted octanol–water partition coefficient (Wildman–Crippen LogP) is 8.55. The van der Waals surface area contributed by atoms with Crippen molar-refractivity contribution in [2.75, 3.05) is 4.90 Å². The van der Waals surface area contributed by atoms with Crippen molar-refractivity contribution in [1.29, 1.82) is 0 Å². The first-order chi connectivity index (χ1) is 19.4. The summed E-state index contributed by atoms with van der Waals surface area (Å²) in [5.74, 6) is -0.611. The Morgan fingerprint density at radius 2 is 1.18 bits per heavy atom. The van der Waals surface area contributed by atoms with Crippen LogP contribution in [-0.2, 0) is 5.41 Å². The molecule has 1 aromatic heterocycles. The first-order valence-electron chi connectivity index (χ1n) is 13.6. The van der Waals surface area contributed by atoms with Crippen molar-refractivity contribution in [3.8, 4) is 16.8 Å². The number of imide groups is 1. The molecule has 0 atom stereocenters. The number of nitrogens with zero attached hydrogens (tertiary/aromatic N) is 2. The van der Waals surface area contributed by atoms with Crippen LogP contribution in [0, 0.1) is 0 Å². The zero-order chi connectivity index (χ0) is 27.6. The van der Waals surface area contributed by atoms with Gasteiger partial charge in [-0.3, -0.25) is 9.59 Å². The molecule has 5 aromatic carbocycles. The molecular weight excluding hydrogens is 492 g/mol. The third-order valence-corrected chi connectivity index (χ3v) is 7.87. The van der Waals surface area contributed by atoms with Crippen LogP contribution < -0.4 is 4.90 Å². The second kappa shape index (κ2) is 8.78. The summed E-state index contributed by atoms with van der Waals surface area (Å²) in [7, 11) is 0. The number of aromatic nitrogens is 1. The molecule has 0 N–H and O–H groups in total. The van der Waals surface area contributed by atoms with Crippen LogP contribution in [-0.4, -0.2) is 16.4 Å². The molecule has 40 heavy (non-hydrogen) atoms. The van der Waals surface area contributed by atoms with Crippen LogP contribution in [0.5, 0.6) is 0 Å². The molecule has 2 heterocycles. The van der Waals surface area contributed by atoms with Crippen molar-refractivity contribution in [2.24, 2.45) is 0 Å². The molecule has 0 aliphatic carbocycles. The van der Waals surface area contributed by atoms with Gasteiger partial charge in [-0.2, -0.15) is 0 Å². The maximum atomic E-state index is 14.4. The van der Waals surface area contributed by atoms with Gasteiger partial charge in [0.2, 0.25) is 0 Å². The molecule has 1 aliphatic rings. The van der Waals surface area contributed by atoms with E-state index in [0.717, 1.165) is 38.6 Å². The van der Waals surface area contributed by atoms with Gasteiger partial charge in [-0.25, -0.2) is 4.90 Å². The lowest BCUT2D eigenvalue weighted by Gasteiger charge is -2.22. The van der Waals surface area contributed by atoms with Crippen molar-refractivity contribution >= 4 is 39.3 Å². The molecule has 4 heteroatoms. The number of para-hydroxylation sites is 3. The molecule has 0 spiro atoms. The van der Waals surface area contributed by atoms with E-state index in [0.29, 0.717) is 16.8 Å². The van der Waals surface area contributed by atoms with Crippen LogP contribution in [0.1, 0.15) is 47.1 Å². The lowest BCUT2D eigenvalue weighted by Crippen LogP contribution is -2.30. The Morgan fingerprint density at radius 1 is 0.550 bits per heavy atom. The minimum Gasteiger partial charge on any atom is -0.308 e. The number of anilines is 1. The van der Waals surface area contributed by atoms with E-state index in [-0.39, 0.29) is 17.2 Å². The lowest BCUT2D eigenvalue weighted by molar-refractivity contribution is 0.0926. The summed E-state index contributed by atoms with van der Waals surface area (Å²) in [5, 5.41) is 2.24. The molecule has 0 saturated carbocycles. The number of carbonyl (C=O) groups is 2. The molecule has 0 unspecified atom stereocenters. The maximum Gasteiger partial charge on any atom is 0.268 e. The quantitative estimate of drug-likeness (QED) is 0.219. The van der Waals surface area contributed by atoms with Crippen LogP contribution in [0.3, 0.4) is 0 Å². The highest BCUT2D eigenvalue weighted by molar-refractivity contribution is 6.36. The van der Waals surface area contributed by atoms with E-state index in [1.54, 1.807) is 6.07 Å². The summed E-state index contributed by atoms with van der Waals surface area (Å²) in [6.07, 6.45) is 0. The fourth-order valence-electron chi connectivity index (χ4n) is 6.08. The monoisotopic (exact) mass is 520 g/mol. The molecule has 0 radical (unpaired) electrons. The van der Waals surface area contributed by atoms with Gasteiger partial charge < -0.3 is 4.57 Å². The third kappa shape index (κ3) is 3.46. The largest absolute Gasteiger partial charge is 0.308 e. The van der Waals surface area contributed by atoms with Crippen LogP contribution in [0.25, 0.3) is 38.6 Å². The normalized spacial score (nSPS) is 13.4. The summed E-state index contributed by atoms with van der Waals surface area (Å²) in [4.78, 5) is 29.7. The Bertz CT molecular complexity index is 1980. The van der Waals surface area contributed by atoms with Gasteiger partial charge >= 0.3 is 0 Å². The van der Waals surface area contributed by atoms with Crippen molar-refractivity contribution < 1.29 is 9.59 Å². The van der Waals surface area contributed by atoms with Crippen molar-refractivity contribution in [1.82, 2.24) is 4.57 Å². The molecule has 0 bridgehead atoms. The Morgan fingerprint density at radius 3 is 1.98 bits per heavy atom. The molecule has 0 fully saturated rings. The fourth-order valence-corrected chi connectivity index (χ4v) is 6.08. The molecule has 194 valence electrons. The highest BCUT2D eigenvalue weighted by Gasteiger charge is 2.40. The zero-order valence-electron chi connectivity index (χ0n) is 22.7. The SMILES string of the molecule is CC(C)(C)c1cccc2c3ccccc3n(-c3cccc4c3C(=O)N(c3ccccc3-c3ccccc3)C4=O)c12. The highest BCUT2D eigenvalue weighted by Crippen LogP contribution is 2.42. The number of carbonyl (C=O) groups excluding carboxylic acids is 2. The molecular formula is C36H28N2O2. The van der Waals surface area contributed by atoms with E-state index < -0.39 is 0 Å². The van der Waals surface area contributed by atoms with Crippen molar-refractivity contribution in [2.45, 2.75) is 26.2 Å². The lowest BCUT2D eigenvalue weighted by atomic mass is 9.85. The van der Waals surface area contributed by atoms with Crippen LogP contribution in [0.2, 0.25) is 0 Å². The molecule has 7 rings (SSSR count). The number of hydrogen-bond acceptors (Lipinski definition) is 2. The van der Waals surface area contributed by atoms with Gasteiger partial charge in [-0.05, 0) is 40.8 Å². The Hall–Kier alpha value is -4.96. The number of benzene rings is 5. The van der Waals surface area contributed by atoms with Gasteiger partial charge in [0.05, 0.1) is 33.5 Å². The summed E-state index contributed by atoms with van der Waals surface area (Å²) in [5.41, 5.74) is 7.07. The summed E-state index contributed by atoms with van der Waals surface area (Å²) in [6, 6.07) is 37.8. The zero-order valence-corrected chi connectivity index (χ0v) is 22.7. The second-order valence-electron chi connectivity index (χ2n) is 11.3. The summed E-state index contributed by atoms with van der Waals surface area (Å²) < 4.78 is 2.18. The van der Waals surface area contributed by atoms with E-state index in [2.05, 4.69) is 55.7 Å². The maximum absolute atomic E-state index is 14.4. The van der Waals surface area contributed by atoms with Gasteiger partial charge in [-0.15, -0.1) is 0 Å². The van der Waals surface area contributed by atoms with E-state index >= 15 is 0 Å². The van der Waals surface area contributed by atoms with Crippen LogP contribution in [0.15, 0.2) is 115 Å². The number of hydrogen-bond donors (Lipinski definition) is 0. The van der Waals surface area contributed by atoms with Crippen molar-refractivity contribution in [3.63, 3.8) is 0 Å². The minimum absolute atomic E-state index is 0.135. The topological polar surface area (TPSA) is 42.3 Å². The second-order valence-corrected chi connectivity index (χ2v) is 11.3. The van der Waals surface area contributed by atoms with Gasteiger partial charge in [0.1, 0.15) is 0 Å². The fraction of sp³-hybridized carbons (Fsp3) is 0.111. The Kier molecular flexibility index (Phi) is 5.29. The van der Waals surface area contributed by atoms with E-state index in [1.165, 1.54) is 10.5 Å². The van der Waals surface area contributed by atoms with Crippen molar-refractivity contribution in [3.05, 3.63) is 132 Å². The standard InChI is InChI=1S/C36H28N2O2/c1-36(2,3)28-19-11-17-26-25-16-8-10-21-30(25)37(33(26)28)31-22-12-18-27-32(31)35(40)38(34(27)39)29-20-9-7-15-24(29)23-13-5-4-6-14-23/h4-22H,1-3H3. The number of fused-ring (bicyclic) bond motifs is 4. The van der Waals surface area contributed by atoms with Crippen LogP contribution in [0.4, 0.5) is 5.69 Å². The van der Waals surface area contributed by atoms with Gasteiger partial charge in [-0.1, -0.05) is 112 Å². The average molecular weight is 521 g/mol. The number of rotatable bonds is 3. The molecule has 4 nitrogen and oxygen atoms in total. The average Bonchev–Trinajstić information content (AvgIpc) is 3.44. The van der Waals surface area contributed by atoms with E-state index in [4.69, 9.17) is 0 Å². The Labute approximate surface area is 233 Å². The molecule has 0 saturated heterocycles. The molecule has 1 aliphatic heterocycles. The third-order valence-electron chi connectivity index (χ3n) is 7.87. The van der Waals surface area contributed by atoms with Gasteiger partial charge in [0.25, 0.3) is 11.8 Å². The summed E-state index contributed by atoms with van der Waals surface area (Å²) in [6.45, 7) is 6.61. The smallest absolute Gasteiger partial charge is 0.268 e. The minimum atomic E-state index is -0.307. The van der Waals surface area contributed by atoms with Gasteiger partial charge in [0, 0.05) is 16.3 Å². The number of amides is 2. The van der Waals surface area contributed by atoms with Gasteiger partial charge in [0.15, 0.2) is 0 Å². The first kappa shape index (κ1) is 24.1. The van der Waals surface area contributed by atoms with E-state index in [1.807, 2.05) is 78.9 Å². The first-order valence-corrected chi connectivity index (χ1v) is 13.6. The molecule has 2 amide bonds.